The molecule has 1 aliphatic carbocycles. The molecule has 0 amide bonds. The smallest absolute Gasteiger partial charge is 0.184 e. The summed E-state index contributed by atoms with van der Waals surface area (Å²) >= 11 is 0. The second kappa shape index (κ2) is 3.34. The maximum atomic E-state index is 11.0. The normalized spacial score (nSPS) is 27.9. The van der Waals surface area contributed by atoms with E-state index in [4.69, 9.17) is 9.84 Å². The number of carbonyl (C=O) groups excluding carboxylic acids is 1. The average Bonchev–Trinajstić information content (AvgIpc) is 2.05. The Morgan fingerprint density at radius 2 is 2.45 bits per heavy atom. The summed E-state index contributed by atoms with van der Waals surface area (Å²) < 4.78 is 4.88. The van der Waals surface area contributed by atoms with Gasteiger partial charge in [-0.25, -0.2) is 0 Å². The zero-order valence-corrected chi connectivity index (χ0v) is 6.28. The topological polar surface area (TPSA) is 46.5 Å². The molecule has 0 saturated heterocycles. The second-order valence-electron chi connectivity index (χ2n) is 2.37. The van der Waals surface area contributed by atoms with Crippen molar-refractivity contribution in [3.8, 4) is 0 Å². The van der Waals surface area contributed by atoms with Gasteiger partial charge in [-0.15, -0.1) is 0 Å². The zero-order chi connectivity index (χ0) is 8.27. The van der Waals surface area contributed by atoms with Crippen LogP contribution in [0, 0.1) is 0 Å². The summed E-state index contributed by atoms with van der Waals surface area (Å²) in [4.78, 5) is 11.0. The number of methoxy groups -OCH3 is 1. The highest BCUT2D eigenvalue weighted by molar-refractivity contribution is 5.95. The first kappa shape index (κ1) is 8.01. The Balaban J connectivity index is 2.75. The molecule has 0 aliphatic heterocycles. The molecule has 0 aromatic rings. The van der Waals surface area contributed by atoms with Crippen molar-refractivity contribution in [1.82, 2.24) is 0 Å². The zero-order valence-electron chi connectivity index (χ0n) is 6.28. The van der Waals surface area contributed by atoms with Crippen molar-refractivity contribution < 1.29 is 14.6 Å². The first-order chi connectivity index (χ1) is 5.27. The van der Waals surface area contributed by atoms with Crippen molar-refractivity contribution in [2.24, 2.45) is 0 Å². The van der Waals surface area contributed by atoms with E-state index in [9.17, 15) is 4.79 Å². The fourth-order valence-electron chi connectivity index (χ4n) is 0.974. The van der Waals surface area contributed by atoms with E-state index in [1.165, 1.54) is 13.2 Å². The minimum absolute atomic E-state index is 0.0434. The van der Waals surface area contributed by atoms with Crippen molar-refractivity contribution in [2.45, 2.75) is 12.5 Å². The molecule has 0 bridgehead atoms. The molecule has 0 fully saturated rings. The van der Waals surface area contributed by atoms with E-state index in [0.717, 1.165) is 11.8 Å². The van der Waals surface area contributed by atoms with Crippen molar-refractivity contribution in [2.75, 3.05) is 7.11 Å². The summed E-state index contributed by atoms with van der Waals surface area (Å²) in [6.45, 7) is 0. The highest BCUT2D eigenvalue weighted by atomic mass is 16.5. The monoisotopic (exact) mass is 154 g/mol. The molecule has 3 nitrogen and oxygen atoms in total. The Morgan fingerprint density at radius 1 is 1.73 bits per heavy atom. The molecule has 1 rings (SSSR count). The Kier molecular flexibility index (Phi) is 2.44. The third-order valence-corrected chi connectivity index (χ3v) is 1.65. The van der Waals surface area contributed by atoms with Crippen LogP contribution in [0.5, 0.6) is 0 Å². The number of ketones is 1. The fourth-order valence-corrected chi connectivity index (χ4v) is 0.974. The van der Waals surface area contributed by atoms with Crippen LogP contribution in [0.15, 0.2) is 24.0 Å². The van der Waals surface area contributed by atoms with Gasteiger partial charge in [0.25, 0.3) is 0 Å². The van der Waals surface area contributed by atoms with Crippen LogP contribution in [0.2, 0.25) is 0 Å². The minimum Gasteiger partial charge on any atom is -0.515 e. The van der Waals surface area contributed by atoms with Crippen LogP contribution in [-0.2, 0) is 9.53 Å². The van der Waals surface area contributed by atoms with E-state index >= 15 is 0 Å². The summed E-state index contributed by atoms with van der Waals surface area (Å²) in [5, 5.41) is 8.61. The van der Waals surface area contributed by atoms with Crippen molar-refractivity contribution in [3.05, 3.63) is 24.0 Å². The average molecular weight is 154 g/mol. The van der Waals surface area contributed by atoms with E-state index in [1.54, 1.807) is 6.08 Å². The van der Waals surface area contributed by atoms with E-state index in [2.05, 4.69) is 0 Å². The van der Waals surface area contributed by atoms with Gasteiger partial charge in [-0.2, -0.15) is 0 Å². The van der Waals surface area contributed by atoms with E-state index in [0.29, 0.717) is 6.42 Å². The molecule has 1 aliphatic rings. The van der Waals surface area contributed by atoms with Crippen LogP contribution in [0.3, 0.4) is 0 Å². The molecule has 11 heavy (non-hydrogen) atoms. The molecule has 0 aromatic carbocycles. The molecule has 3 heteroatoms. The number of rotatable bonds is 1. The third-order valence-electron chi connectivity index (χ3n) is 1.65. The third kappa shape index (κ3) is 1.68. The van der Waals surface area contributed by atoms with Gasteiger partial charge < -0.3 is 9.84 Å². The van der Waals surface area contributed by atoms with E-state index in [-0.39, 0.29) is 5.78 Å². The van der Waals surface area contributed by atoms with Crippen LogP contribution >= 0.6 is 0 Å². The SMILES string of the molecule is COC1CC(=CO)C=CC1=O. The van der Waals surface area contributed by atoms with Crippen LogP contribution in [0.1, 0.15) is 6.42 Å². The number of carbonyl (C=O) groups is 1. The van der Waals surface area contributed by atoms with Crippen molar-refractivity contribution in [1.29, 1.82) is 0 Å². The summed E-state index contributed by atoms with van der Waals surface area (Å²) in [7, 11) is 1.48. The first-order valence-corrected chi connectivity index (χ1v) is 3.36. The Labute approximate surface area is 65.0 Å². The van der Waals surface area contributed by atoms with Crippen LogP contribution in [0.25, 0.3) is 0 Å². The standard InChI is InChI=1S/C8H10O3/c1-11-8-4-6(5-9)2-3-7(8)10/h2-3,5,8-9H,4H2,1H3. The molecule has 1 unspecified atom stereocenters. The second-order valence-corrected chi connectivity index (χ2v) is 2.37. The van der Waals surface area contributed by atoms with E-state index in [1.807, 2.05) is 0 Å². The molecule has 0 radical (unpaired) electrons. The van der Waals surface area contributed by atoms with Crippen molar-refractivity contribution >= 4 is 5.78 Å². The van der Waals surface area contributed by atoms with Gasteiger partial charge in [0.15, 0.2) is 5.78 Å². The summed E-state index contributed by atoms with van der Waals surface area (Å²) in [5.41, 5.74) is 0.719. The Morgan fingerprint density at radius 3 is 3.00 bits per heavy atom. The molecule has 1 N–H and O–H groups in total. The highest BCUT2D eigenvalue weighted by Gasteiger charge is 2.19. The summed E-state index contributed by atoms with van der Waals surface area (Å²) in [6, 6.07) is 0. The number of aliphatic hydroxyl groups excluding tert-OH is 1. The van der Waals surface area contributed by atoms with Gasteiger partial charge in [-0.1, -0.05) is 6.08 Å². The molecule has 1 atom stereocenters. The van der Waals surface area contributed by atoms with Crippen molar-refractivity contribution in [3.63, 3.8) is 0 Å². The lowest BCUT2D eigenvalue weighted by molar-refractivity contribution is -0.124. The lowest BCUT2D eigenvalue weighted by Gasteiger charge is -2.15. The van der Waals surface area contributed by atoms with Gasteiger partial charge in [-0.3, -0.25) is 4.79 Å². The predicted molar refractivity (Wildman–Crippen MR) is 40.3 cm³/mol. The van der Waals surface area contributed by atoms with Gasteiger partial charge in [-0.05, 0) is 11.6 Å². The molecular formula is C8H10O3. The van der Waals surface area contributed by atoms with Crippen LogP contribution in [-0.4, -0.2) is 24.1 Å². The highest BCUT2D eigenvalue weighted by Crippen LogP contribution is 2.15. The number of allylic oxidation sites excluding steroid dienone is 1. The van der Waals surface area contributed by atoms with E-state index < -0.39 is 6.10 Å². The van der Waals surface area contributed by atoms with Gasteiger partial charge in [0.05, 0.1) is 6.26 Å². The Bertz CT molecular complexity index is 215. The lowest BCUT2D eigenvalue weighted by Crippen LogP contribution is -2.24. The number of hydrogen-bond acceptors (Lipinski definition) is 3. The Hall–Kier alpha value is -1.09. The quantitative estimate of drug-likeness (QED) is 0.572. The maximum absolute atomic E-state index is 11.0. The summed E-state index contributed by atoms with van der Waals surface area (Å²) in [6.07, 6.45) is 4.05. The largest absolute Gasteiger partial charge is 0.515 e. The molecule has 0 spiro atoms. The molecular weight excluding hydrogens is 144 g/mol. The lowest BCUT2D eigenvalue weighted by atomic mass is 9.99. The van der Waals surface area contributed by atoms with Gasteiger partial charge >= 0.3 is 0 Å². The summed E-state index contributed by atoms with van der Waals surface area (Å²) in [5.74, 6) is -0.0434. The predicted octanol–water partition coefficient (Wildman–Crippen LogP) is 0.972. The van der Waals surface area contributed by atoms with Crippen LogP contribution < -0.4 is 0 Å². The number of hydrogen-bond donors (Lipinski definition) is 1. The fraction of sp³-hybridized carbons (Fsp3) is 0.375. The number of aliphatic hydroxyl groups is 1. The first-order valence-electron chi connectivity index (χ1n) is 3.36. The molecule has 0 aromatic heterocycles. The van der Waals surface area contributed by atoms with Crippen LogP contribution in [0.4, 0.5) is 0 Å². The minimum atomic E-state index is -0.418. The molecule has 60 valence electrons. The van der Waals surface area contributed by atoms with Gasteiger partial charge in [0.2, 0.25) is 0 Å². The molecule has 0 saturated carbocycles. The number of ether oxygens (including phenoxy) is 1. The molecule has 0 heterocycles. The maximum Gasteiger partial charge on any atom is 0.184 e. The van der Waals surface area contributed by atoms with Gasteiger partial charge in [0.1, 0.15) is 6.10 Å². The van der Waals surface area contributed by atoms with Gasteiger partial charge in [0, 0.05) is 13.5 Å².